The summed E-state index contributed by atoms with van der Waals surface area (Å²) in [5, 5.41) is 1.95. The topological polar surface area (TPSA) is 49.9 Å². The Morgan fingerprint density at radius 2 is 1.90 bits per heavy atom. The lowest BCUT2D eigenvalue weighted by molar-refractivity contribution is -0.138. The molecule has 3 heterocycles. The Morgan fingerprint density at radius 1 is 1.13 bits per heavy atom. The molecule has 0 aliphatic carbocycles. The van der Waals surface area contributed by atoms with Crippen LogP contribution in [0.15, 0.2) is 41.4 Å². The number of carbonyl (C=O) groups is 2. The Balaban J connectivity index is 1.53. The molecule has 1 aromatic heterocycles. The standard InChI is InChI=1S/C24H28N2O3S/c1-16-6-4-8-25(15-16)22-21(20-7-5-11-30-20)23(27)26(24(22)28)9-10-29-19-13-17(2)12-18(3)14-19/h5,7,11-14,16H,4,6,8-10,15H2,1-3H3. The van der Waals surface area contributed by atoms with E-state index in [0.29, 0.717) is 17.2 Å². The van der Waals surface area contributed by atoms with Crippen LogP contribution < -0.4 is 4.74 Å². The monoisotopic (exact) mass is 424 g/mol. The van der Waals surface area contributed by atoms with E-state index in [1.807, 2.05) is 43.5 Å². The molecular formula is C24H28N2O3S. The fourth-order valence-corrected chi connectivity index (χ4v) is 5.13. The van der Waals surface area contributed by atoms with Crippen molar-refractivity contribution < 1.29 is 14.3 Å². The van der Waals surface area contributed by atoms with Gasteiger partial charge in [-0.05, 0) is 67.3 Å². The molecule has 158 valence electrons. The summed E-state index contributed by atoms with van der Waals surface area (Å²) >= 11 is 1.50. The van der Waals surface area contributed by atoms with Crippen molar-refractivity contribution in [3.63, 3.8) is 0 Å². The number of amides is 2. The van der Waals surface area contributed by atoms with E-state index in [1.54, 1.807) is 0 Å². The number of imide groups is 1. The molecular weight excluding hydrogens is 396 g/mol. The zero-order valence-electron chi connectivity index (χ0n) is 17.8. The number of hydrogen-bond donors (Lipinski definition) is 0. The first-order chi connectivity index (χ1) is 14.4. The third kappa shape index (κ3) is 4.15. The van der Waals surface area contributed by atoms with Crippen molar-refractivity contribution in [1.29, 1.82) is 0 Å². The zero-order valence-corrected chi connectivity index (χ0v) is 18.6. The summed E-state index contributed by atoms with van der Waals surface area (Å²) in [4.78, 5) is 30.9. The van der Waals surface area contributed by atoms with Crippen LogP contribution in [0.4, 0.5) is 0 Å². The maximum Gasteiger partial charge on any atom is 0.278 e. The van der Waals surface area contributed by atoms with Crippen LogP contribution in [0, 0.1) is 19.8 Å². The fourth-order valence-electron chi connectivity index (χ4n) is 4.37. The van der Waals surface area contributed by atoms with Gasteiger partial charge in [0.25, 0.3) is 11.8 Å². The van der Waals surface area contributed by atoms with Gasteiger partial charge in [0.1, 0.15) is 18.1 Å². The van der Waals surface area contributed by atoms with E-state index in [1.165, 1.54) is 16.2 Å². The predicted molar refractivity (Wildman–Crippen MR) is 119 cm³/mol. The van der Waals surface area contributed by atoms with Crippen molar-refractivity contribution in [3.05, 3.63) is 57.4 Å². The van der Waals surface area contributed by atoms with E-state index in [9.17, 15) is 9.59 Å². The molecule has 6 heteroatoms. The first kappa shape index (κ1) is 20.7. The number of hydrogen-bond acceptors (Lipinski definition) is 5. The Morgan fingerprint density at radius 3 is 2.57 bits per heavy atom. The molecule has 2 aliphatic rings. The Hall–Kier alpha value is -2.60. The lowest BCUT2D eigenvalue weighted by atomic mass is 9.99. The Bertz CT molecular complexity index is 960. The summed E-state index contributed by atoms with van der Waals surface area (Å²) in [6, 6.07) is 9.87. The van der Waals surface area contributed by atoms with Crippen molar-refractivity contribution in [2.24, 2.45) is 5.92 Å². The van der Waals surface area contributed by atoms with Gasteiger partial charge >= 0.3 is 0 Å². The highest BCUT2D eigenvalue weighted by Crippen LogP contribution is 2.35. The van der Waals surface area contributed by atoms with Gasteiger partial charge in [0.05, 0.1) is 12.1 Å². The summed E-state index contributed by atoms with van der Waals surface area (Å²) in [7, 11) is 0. The molecule has 0 saturated carbocycles. The van der Waals surface area contributed by atoms with Gasteiger partial charge in [-0.1, -0.05) is 19.1 Å². The molecule has 4 rings (SSSR count). The second-order valence-electron chi connectivity index (χ2n) is 8.33. The van der Waals surface area contributed by atoms with Crippen LogP contribution in [-0.2, 0) is 9.59 Å². The number of likely N-dealkylation sites (tertiary alicyclic amines) is 1. The zero-order chi connectivity index (χ0) is 21.3. The number of ether oxygens (including phenoxy) is 1. The van der Waals surface area contributed by atoms with Gasteiger partial charge in [-0.25, -0.2) is 0 Å². The second-order valence-corrected chi connectivity index (χ2v) is 9.28. The van der Waals surface area contributed by atoms with Crippen LogP contribution in [0.1, 0.15) is 35.8 Å². The molecule has 1 saturated heterocycles. The van der Waals surface area contributed by atoms with Gasteiger partial charge in [-0.3, -0.25) is 14.5 Å². The number of piperidine rings is 1. The first-order valence-corrected chi connectivity index (χ1v) is 11.4. The highest BCUT2D eigenvalue weighted by molar-refractivity contribution is 7.11. The summed E-state index contributed by atoms with van der Waals surface area (Å²) < 4.78 is 5.87. The minimum atomic E-state index is -0.209. The van der Waals surface area contributed by atoms with Crippen molar-refractivity contribution in [1.82, 2.24) is 9.80 Å². The average Bonchev–Trinajstić information content (AvgIpc) is 3.29. The number of benzene rings is 1. The highest BCUT2D eigenvalue weighted by Gasteiger charge is 2.42. The van der Waals surface area contributed by atoms with Crippen molar-refractivity contribution in [3.8, 4) is 5.75 Å². The van der Waals surface area contributed by atoms with Gasteiger partial charge in [0.15, 0.2) is 0 Å². The lowest BCUT2D eigenvalue weighted by Crippen LogP contribution is -2.40. The summed E-state index contributed by atoms with van der Waals surface area (Å²) in [5.74, 6) is 0.880. The highest BCUT2D eigenvalue weighted by atomic mass is 32.1. The molecule has 1 fully saturated rings. The normalized spacial score (nSPS) is 19.8. The van der Waals surface area contributed by atoms with E-state index in [2.05, 4.69) is 17.9 Å². The minimum Gasteiger partial charge on any atom is -0.492 e. The number of aryl methyl sites for hydroxylation is 2. The quantitative estimate of drug-likeness (QED) is 0.651. The third-order valence-corrected chi connectivity index (χ3v) is 6.55. The van der Waals surface area contributed by atoms with Crippen LogP contribution in [0.25, 0.3) is 5.57 Å². The largest absolute Gasteiger partial charge is 0.492 e. The second kappa shape index (κ2) is 8.64. The summed E-state index contributed by atoms with van der Waals surface area (Å²) in [6.45, 7) is 8.41. The number of rotatable bonds is 6. The van der Waals surface area contributed by atoms with Crippen LogP contribution in [0.2, 0.25) is 0 Å². The summed E-state index contributed by atoms with van der Waals surface area (Å²) in [5.41, 5.74) is 3.37. The van der Waals surface area contributed by atoms with Crippen LogP contribution in [0.5, 0.6) is 5.75 Å². The molecule has 1 aromatic carbocycles. The molecule has 30 heavy (non-hydrogen) atoms. The molecule has 2 aliphatic heterocycles. The van der Waals surface area contributed by atoms with Crippen LogP contribution in [0.3, 0.4) is 0 Å². The first-order valence-electron chi connectivity index (χ1n) is 10.5. The molecule has 0 radical (unpaired) electrons. The van der Waals surface area contributed by atoms with Crippen molar-refractivity contribution in [2.45, 2.75) is 33.6 Å². The number of nitrogens with zero attached hydrogens (tertiary/aromatic N) is 2. The molecule has 5 nitrogen and oxygen atoms in total. The van der Waals surface area contributed by atoms with Gasteiger partial charge in [-0.15, -0.1) is 11.3 Å². The molecule has 2 amide bonds. The van der Waals surface area contributed by atoms with Crippen molar-refractivity contribution in [2.75, 3.05) is 26.2 Å². The fraction of sp³-hybridized carbons (Fsp3) is 0.417. The van der Waals surface area contributed by atoms with E-state index in [4.69, 9.17) is 4.74 Å². The maximum atomic E-state index is 13.3. The van der Waals surface area contributed by atoms with E-state index in [0.717, 1.165) is 47.7 Å². The predicted octanol–water partition coefficient (Wildman–Crippen LogP) is 4.26. The van der Waals surface area contributed by atoms with Gasteiger partial charge in [0.2, 0.25) is 0 Å². The van der Waals surface area contributed by atoms with Gasteiger partial charge in [-0.2, -0.15) is 0 Å². The molecule has 0 N–H and O–H groups in total. The SMILES string of the molecule is Cc1cc(C)cc(OCCN2C(=O)C(c3cccs3)=C(N3CCCC(C)C3)C2=O)c1. The Kier molecular flexibility index (Phi) is 5.95. The minimum absolute atomic E-state index is 0.193. The number of thiophene rings is 1. The molecule has 1 atom stereocenters. The Labute approximate surface area is 181 Å². The average molecular weight is 425 g/mol. The van der Waals surface area contributed by atoms with E-state index in [-0.39, 0.29) is 25.0 Å². The van der Waals surface area contributed by atoms with E-state index < -0.39 is 0 Å². The van der Waals surface area contributed by atoms with E-state index >= 15 is 0 Å². The molecule has 0 spiro atoms. The van der Waals surface area contributed by atoms with Crippen LogP contribution >= 0.6 is 11.3 Å². The molecule has 0 bridgehead atoms. The van der Waals surface area contributed by atoms with Crippen molar-refractivity contribution >= 4 is 28.7 Å². The summed E-state index contributed by atoms with van der Waals surface area (Å²) in [6.07, 6.45) is 2.20. The maximum absolute atomic E-state index is 13.3. The van der Waals surface area contributed by atoms with Gasteiger partial charge in [0, 0.05) is 18.0 Å². The number of carbonyl (C=O) groups excluding carboxylic acids is 2. The van der Waals surface area contributed by atoms with Gasteiger partial charge < -0.3 is 9.64 Å². The third-order valence-electron chi connectivity index (χ3n) is 5.66. The van der Waals surface area contributed by atoms with Crippen LogP contribution in [-0.4, -0.2) is 47.9 Å². The molecule has 1 unspecified atom stereocenters. The smallest absolute Gasteiger partial charge is 0.278 e. The molecule has 2 aromatic rings. The lowest BCUT2D eigenvalue weighted by Gasteiger charge is -2.33.